The molecule has 19 heavy (non-hydrogen) atoms. The van der Waals surface area contributed by atoms with Crippen LogP contribution in [0.4, 0.5) is 4.79 Å². The zero-order valence-electron chi connectivity index (χ0n) is 11.8. The van der Waals surface area contributed by atoms with Crippen LogP contribution >= 0.6 is 0 Å². The number of likely N-dealkylation sites (tertiary alicyclic amines) is 1. The van der Waals surface area contributed by atoms with Gasteiger partial charge in [0.25, 0.3) is 0 Å². The lowest BCUT2D eigenvalue weighted by atomic mass is 9.89. The van der Waals surface area contributed by atoms with E-state index >= 15 is 0 Å². The SMILES string of the molecule is CC(C)(C)NC(=O)NC(=O)CN1CC(O)(C2CC2)C1. The van der Waals surface area contributed by atoms with Gasteiger partial charge in [0.2, 0.25) is 5.91 Å². The van der Waals surface area contributed by atoms with Gasteiger partial charge in [-0.3, -0.25) is 15.0 Å². The van der Waals surface area contributed by atoms with E-state index in [2.05, 4.69) is 10.6 Å². The van der Waals surface area contributed by atoms with Crippen molar-refractivity contribution in [2.45, 2.75) is 44.8 Å². The number of β-amino-alcohol motifs (C(OH)–C–C–N with tert-alkyl or cyclic N) is 1. The number of aliphatic hydroxyl groups is 1. The minimum absolute atomic E-state index is 0.159. The minimum atomic E-state index is -0.589. The Kier molecular flexibility index (Phi) is 3.57. The van der Waals surface area contributed by atoms with Gasteiger partial charge in [-0.1, -0.05) is 0 Å². The summed E-state index contributed by atoms with van der Waals surface area (Å²) in [5.41, 5.74) is -0.957. The van der Waals surface area contributed by atoms with E-state index in [1.54, 1.807) is 0 Å². The van der Waals surface area contributed by atoms with E-state index in [-0.39, 0.29) is 18.0 Å². The minimum Gasteiger partial charge on any atom is -0.387 e. The van der Waals surface area contributed by atoms with Gasteiger partial charge in [-0.05, 0) is 39.5 Å². The third-order valence-corrected chi connectivity index (χ3v) is 3.44. The second-order valence-electron chi connectivity index (χ2n) is 6.78. The molecule has 108 valence electrons. The Morgan fingerprint density at radius 2 is 1.89 bits per heavy atom. The van der Waals surface area contributed by atoms with Crippen LogP contribution in [-0.2, 0) is 4.79 Å². The van der Waals surface area contributed by atoms with Crippen LogP contribution in [0.25, 0.3) is 0 Å². The maximum absolute atomic E-state index is 11.6. The molecule has 6 nitrogen and oxygen atoms in total. The average molecular weight is 269 g/mol. The number of carbonyl (C=O) groups excluding carboxylic acids is 2. The lowest BCUT2D eigenvalue weighted by molar-refractivity contribution is -0.135. The number of imide groups is 1. The Morgan fingerprint density at radius 3 is 2.37 bits per heavy atom. The number of rotatable bonds is 3. The van der Waals surface area contributed by atoms with Gasteiger partial charge in [0.1, 0.15) is 0 Å². The molecular weight excluding hydrogens is 246 g/mol. The maximum atomic E-state index is 11.6. The lowest BCUT2D eigenvalue weighted by Gasteiger charge is -2.46. The fourth-order valence-electron chi connectivity index (χ4n) is 2.46. The highest BCUT2D eigenvalue weighted by Gasteiger charge is 2.51. The monoisotopic (exact) mass is 269 g/mol. The summed E-state index contributed by atoms with van der Waals surface area (Å²) in [4.78, 5) is 25.0. The number of hydrogen-bond donors (Lipinski definition) is 3. The summed E-state index contributed by atoms with van der Waals surface area (Å²) in [7, 11) is 0. The fraction of sp³-hybridized carbons (Fsp3) is 0.846. The Morgan fingerprint density at radius 1 is 1.32 bits per heavy atom. The van der Waals surface area contributed by atoms with E-state index in [0.717, 1.165) is 12.8 Å². The van der Waals surface area contributed by atoms with Crippen LogP contribution in [0.2, 0.25) is 0 Å². The van der Waals surface area contributed by atoms with E-state index < -0.39 is 11.6 Å². The molecule has 0 unspecified atom stereocenters. The molecule has 2 aliphatic rings. The summed E-state index contributed by atoms with van der Waals surface area (Å²) in [6.45, 7) is 6.78. The number of urea groups is 1. The lowest BCUT2D eigenvalue weighted by Crippen LogP contribution is -2.65. The number of nitrogens with zero attached hydrogens (tertiary/aromatic N) is 1. The average Bonchev–Trinajstić information content (AvgIpc) is 2.93. The number of nitrogens with one attached hydrogen (secondary N) is 2. The van der Waals surface area contributed by atoms with Crippen molar-refractivity contribution in [2.75, 3.05) is 19.6 Å². The van der Waals surface area contributed by atoms with E-state index in [4.69, 9.17) is 0 Å². The molecule has 2 rings (SSSR count). The van der Waals surface area contributed by atoms with Gasteiger partial charge in [0.15, 0.2) is 0 Å². The first-order chi connectivity index (χ1) is 8.68. The first kappa shape index (κ1) is 14.3. The van der Waals surface area contributed by atoms with Crippen molar-refractivity contribution < 1.29 is 14.7 Å². The summed E-state index contributed by atoms with van der Waals surface area (Å²) < 4.78 is 0. The molecule has 1 aliphatic heterocycles. The molecule has 0 aromatic carbocycles. The quantitative estimate of drug-likeness (QED) is 0.677. The molecule has 0 spiro atoms. The smallest absolute Gasteiger partial charge is 0.321 e. The van der Waals surface area contributed by atoms with E-state index in [9.17, 15) is 14.7 Å². The van der Waals surface area contributed by atoms with Crippen LogP contribution in [0.15, 0.2) is 0 Å². The van der Waals surface area contributed by atoms with Crippen LogP contribution in [0.5, 0.6) is 0 Å². The molecule has 3 N–H and O–H groups in total. The summed E-state index contributed by atoms with van der Waals surface area (Å²) >= 11 is 0. The van der Waals surface area contributed by atoms with Crippen LogP contribution in [0.1, 0.15) is 33.6 Å². The third kappa shape index (κ3) is 3.91. The van der Waals surface area contributed by atoms with Gasteiger partial charge in [-0.2, -0.15) is 0 Å². The van der Waals surface area contributed by atoms with Crippen molar-refractivity contribution in [2.24, 2.45) is 5.92 Å². The topological polar surface area (TPSA) is 81.7 Å². The first-order valence-electron chi connectivity index (χ1n) is 6.75. The highest BCUT2D eigenvalue weighted by atomic mass is 16.3. The van der Waals surface area contributed by atoms with Crippen LogP contribution < -0.4 is 10.6 Å². The molecule has 1 saturated carbocycles. The predicted molar refractivity (Wildman–Crippen MR) is 70.5 cm³/mol. The van der Waals surface area contributed by atoms with Crippen molar-refractivity contribution in [1.82, 2.24) is 15.5 Å². The van der Waals surface area contributed by atoms with Gasteiger partial charge < -0.3 is 10.4 Å². The Labute approximate surface area is 113 Å². The molecule has 2 fully saturated rings. The number of carbonyl (C=O) groups is 2. The largest absolute Gasteiger partial charge is 0.387 e. The van der Waals surface area contributed by atoms with Gasteiger partial charge in [-0.15, -0.1) is 0 Å². The molecule has 0 radical (unpaired) electrons. The fourth-order valence-corrected chi connectivity index (χ4v) is 2.46. The highest BCUT2D eigenvalue weighted by Crippen LogP contribution is 2.44. The molecule has 3 amide bonds. The molecule has 0 atom stereocenters. The summed E-state index contributed by atoms with van der Waals surface area (Å²) in [6.07, 6.45) is 2.18. The molecule has 0 aromatic rings. The second-order valence-corrected chi connectivity index (χ2v) is 6.78. The van der Waals surface area contributed by atoms with E-state index in [1.165, 1.54) is 0 Å². The molecule has 0 aromatic heterocycles. The molecule has 6 heteroatoms. The molecule has 1 aliphatic carbocycles. The van der Waals surface area contributed by atoms with Gasteiger partial charge >= 0.3 is 6.03 Å². The zero-order valence-corrected chi connectivity index (χ0v) is 11.8. The van der Waals surface area contributed by atoms with Crippen molar-refractivity contribution in [3.05, 3.63) is 0 Å². The van der Waals surface area contributed by atoms with Crippen LogP contribution in [-0.4, -0.2) is 52.7 Å². The summed E-state index contributed by atoms with van der Waals surface area (Å²) in [6, 6.07) is -0.476. The molecule has 0 bridgehead atoms. The Balaban J connectivity index is 1.67. The summed E-state index contributed by atoms with van der Waals surface area (Å²) in [5, 5.41) is 15.1. The number of hydrogen-bond acceptors (Lipinski definition) is 4. The number of amides is 3. The predicted octanol–water partition coefficient (Wildman–Crippen LogP) is 0.0674. The highest BCUT2D eigenvalue weighted by molar-refractivity contribution is 5.95. The van der Waals surface area contributed by atoms with Crippen molar-refractivity contribution in [3.63, 3.8) is 0 Å². The van der Waals surface area contributed by atoms with Crippen LogP contribution in [0.3, 0.4) is 0 Å². The van der Waals surface area contributed by atoms with Gasteiger partial charge in [0, 0.05) is 18.6 Å². The molecule has 1 heterocycles. The zero-order chi connectivity index (χ0) is 14.3. The normalized spacial score (nSPS) is 22.5. The summed E-state index contributed by atoms with van der Waals surface area (Å²) in [5.74, 6) is 0.0793. The van der Waals surface area contributed by atoms with E-state index in [1.807, 2.05) is 25.7 Å². The van der Waals surface area contributed by atoms with Crippen molar-refractivity contribution >= 4 is 11.9 Å². The van der Waals surface area contributed by atoms with Crippen LogP contribution in [0, 0.1) is 5.92 Å². The molecule has 1 saturated heterocycles. The standard InChI is InChI=1S/C13H23N3O3/c1-12(2,3)15-11(18)14-10(17)6-16-7-13(19,8-16)9-4-5-9/h9,19H,4-8H2,1-3H3,(H2,14,15,17,18). The van der Waals surface area contributed by atoms with E-state index in [0.29, 0.717) is 19.0 Å². The maximum Gasteiger partial charge on any atom is 0.321 e. The van der Waals surface area contributed by atoms with Gasteiger partial charge in [-0.25, -0.2) is 4.79 Å². The van der Waals surface area contributed by atoms with Crippen molar-refractivity contribution in [3.8, 4) is 0 Å². The second kappa shape index (κ2) is 4.76. The Bertz CT molecular complexity index is 379. The Hall–Kier alpha value is -1.14. The third-order valence-electron chi connectivity index (χ3n) is 3.44. The molecular formula is C13H23N3O3. The van der Waals surface area contributed by atoms with Crippen molar-refractivity contribution in [1.29, 1.82) is 0 Å². The first-order valence-corrected chi connectivity index (χ1v) is 6.75. The van der Waals surface area contributed by atoms with Gasteiger partial charge in [0.05, 0.1) is 12.1 Å².